The zero-order chi connectivity index (χ0) is 19.8. The summed E-state index contributed by atoms with van der Waals surface area (Å²) >= 11 is 1.28. The van der Waals surface area contributed by atoms with Gasteiger partial charge in [0.1, 0.15) is 10.6 Å². The van der Waals surface area contributed by atoms with Crippen LogP contribution >= 0.6 is 11.5 Å². The molecule has 148 valence electrons. The normalized spacial score (nSPS) is 20.9. The van der Waals surface area contributed by atoms with Gasteiger partial charge in [0.25, 0.3) is 5.56 Å². The Kier molecular flexibility index (Phi) is 5.10. The highest BCUT2D eigenvalue weighted by Gasteiger charge is 2.37. The van der Waals surface area contributed by atoms with Crippen LogP contribution in [-0.4, -0.2) is 47.1 Å². The van der Waals surface area contributed by atoms with Gasteiger partial charge >= 0.3 is 0 Å². The number of amides is 1. The fourth-order valence-electron chi connectivity index (χ4n) is 3.95. The Balaban J connectivity index is 1.62. The molecule has 1 fully saturated rings. The first-order chi connectivity index (χ1) is 13.5. The zero-order valence-electron chi connectivity index (χ0n) is 16.3. The first kappa shape index (κ1) is 18.9. The highest BCUT2D eigenvalue weighted by molar-refractivity contribution is 7.10. The van der Waals surface area contributed by atoms with Crippen LogP contribution in [0.2, 0.25) is 0 Å². The van der Waals surface area contributed by atoms with Crippen molar-refractivity contribution in [3.63, 3.8) is 0 Å². The van der Waals surface area contributed by atoms with E-state index in [0.29, 0.717) is 30.3 Å². The SMILES string of the molecule is CC1=C(/C=C(/C)CC2=CCN(C=O)CC2)C(=O)c2c(s[nH]c2=O)N(C2CC2)C1. The molecule has 3 heterocycles. The van der Waals surface area contributed by atoms with Crippen molar-refractivity contribution in [3.05, 3.63) is 50.4 Å². The van der Waals surface area contributed by atoms with Gasteiger partial charge in [-0.2, -0.15) is 0 Å². The minimum Gasteiger partial charge on any atom is -0.355 e. The minimum atomic E-state index is -0.280. The number of allylic oxidation sites excluding steroid dienone is 3. The van der Waals surface area contributed by atoms with E-state index in [4.69, 9.17) is 0 Å². The Morgan fingerprint density at radius 1 is 1.36 bits per heavy atom. The molecule has 3 aliphatic rings. The lowest BCUT2D eigenvalue weighted by molar-refractivity contribution is -0.117. The summed E-state index contributed by atoms with van der Waals surface area (Å²) in [7, 11) is 0. The second-order valence-corrected chi connectivity index (χ2v) is 8.77. The highest BCUT2D eigenvalue weighted by atomic mass is 32.1. The van der Waals surface area contributed by atoms with Crippen molar-refractivity contribution >= 4 is 28.7 Å². The Morgan fingerprint density at radius 3 is 2.79 bits per heavy atom. The van der Waals surface area contributed by atoms with Crippen molar-refractivity contribution in [1.82, 2.24) is 9.27 Å². The van der Waals surface area contributed by atoms with Crippen LogP contribution in [0.4, 0.5) is 5.00 Å². The van der Waals surface area contributed by atoms with Gasteiger partial charge in [-0.3, -0.25) is 18.8 Å². The van der Waals surface area contributed by atoms with Crippen LogP contribution in [0.1, 0.15) is 49.9 Å². The number of carbonyl (C=O) groups is 2. The van der Waals surface area contributed by atoms with Crippen LogP contribution in [0.5, 0.6) is 0 Å². The summed E-state index contributed by atoms with van der Waals surface area (Å²) in [5, 5.41) is 0.793. The predicted octanol–water partition coefficient (Wildman–Crippen LogP) is 3.04. The second kappa shape index (κ2) is 7.54. The molecule has 7 heteroatoms. The maximum atomic E-state index is 13.2. The molecule has 28 heavy (non-hydrogen) atoms. The highest BCUT2D eigenvalue weighted by Crippen LogP contribution is 2.38. The first-order valence-electron chi connectivity index (χ1n) is 9.75. The quantitative estimate of drug-likeness (QED) is 0.610. The van der Waals surface area contributed by atoms with E-state index < -0.39 is 0 Å². The van der Waals surface area contributed by atoms with Crippen molar-refractivity contribution in [2.45, 2.75) is 45.6 Å². The van der Waals surface area contributed by atoms with Crippen molar-refractivity contribution < 1.29 is 9.59 Å². The summed E-state index contributed by atoms with van der Waals surface area (Å²) < 4.78 is 2.75. The molecule has 0 atom stereocenters. The molecule has 6 nitrogen and oxygen atoms in total. The molecule has 1 aliphatic carbocycles. The second-order valence-electron chi connectivity index (χ2n) is 7.98. The maximum absolute atomic E-state index is 13.2. The molecule has 0 saturated heterocycles. The predicted molar refractivity (Wildman–Crippen MR) is 111 cm³/mol. The molecule has 0 bridgehead atoms. The van der Waals surface area contributed by atoms with E-state index in [2.05, 4.69) is 15.3 Å². The van der Waals surface area contributed by atoms with Crippen molar-refractivity contribution in [3.8, 4) is 0 Å². The van der Waals surface area contributed by atoms with Gasteiger partial charge in [-0.1, -0.05) is 23.3 Å². The number of aromatic amines is 1. The molecule has 4 rings (SSSR count). The number of H-pyrrole nitrogens is 1. The first-order valence-corrected chi connectivity index (χ1v) is 10.6. The summed E-state index contributed by atoms with van der Waals surface area (Å²) in [6, 6.07) is 0.436. The molecular weight excluding hydrogens is 374 g/mol. The Bertz CT molecular complexity index is 962. The summed E-state index contributed by atoms with van der Waals surface area (Å²) in [5.74, 6) is -0.165. The van der Waals surface area contributed by atoms with Crippen LogP contribution in [0.25, 0.3) is 0 Å². The maximum Gasteiger partial charge on any atom is 0.271 e. The zero-order valence-corrected chi connectivity index (χ0v) is 17.1. The number of carbonyl (C=O) groups excluding carboxylic acids is 2. The van der Waals surface area contributed by atoms with E-state index >= 15 is 0 Å². The van der Waals surface area contributed by atoms with Gasteiger partial charge in [-0.25, -0.2) is 0 Å². The topological polar surface area (TPSA) is 73.5 Å². The lowest BCUT2D eigenvalue weighted by Crippen LogP contribution is -2.27. The molecule has 1 N–H and O–H groups in total. The molecule has 0 radical (unpaired) electrons. The monoisotopic (exact) mass is 399 g/mol. The van der Waals surface area contributed by atoms with E-state index in [9.17, 15) is 14.4 Å². The average Bonchev–Trinajstić information content (AvgIpc) is 3.46. The average molecular weight is 400 g/mol. The fourth-order valence-corrected chi connectivity index (χ4v) is 4.86. The van der Waals surface area contributed by atoms with Gasteiger partial charge in [0.2, 0.25) is 12.2 Å². The van der Waals surface area contributed by atoms with E-state index in [1.54, 1.807) is 4.90 Å². The number of Topliss-reactive ketones (excluding diaryl/α,β-unsaturated/α-hetero) is 1. The van der Waals surface area contributed by atoms with Gasteiger partial charge in [-0.15, -0.1) is 0 Å². The summed E-state index contributed by atoms with van der Waals surface area (Å²) in [6.45, 7) is 6.11. The third-order valence-electron chi connectivity index (χ3n) is 5.65. The molecule has 1 aromatic heterocycles. The van der Waals surface area contributed by atoms with E-state index in [-0.39, 0.29) is 11.3 Å². The Labute approximate surface area is 168 Å². The van der Waals surface area contributed by atoms with Crippen LogP contribution < -0.4 is 10.5 Å². The largest absolute Gasteiger partial charge is 0.355 e. The van der Waals surface area contributed by atoms with Gasteiger partial charge in [0.05, 0.1) is 0 Å². The standard InChI is InChI=1S/C21H25N3O3S/c1-13(9-15-5-7-23(12-25)8-6-15)10-17-14(2)11-24(16-3-4-16)21-18(19(17)26)20(27)22-28-21/h5,10,12,16H,3-4,6-9,11H2,1-2H3,(H,22,27)/b13-10-. The number of rotatable bonds is 5. The summed E-state index contributed by atoms with van der Waals surface area (Å²) in [5.41, 5.74) is 4.08. The van der Waals surface area contributed by atoms with Crippen LogP contribution in [0.3, 0.4) is 0 Å². The molecule has 1 aromatic rings. The molecule has 0 unspecified atom stereocenters. The number of ketones is 1. The van der Waals surface area contributed by atoms with Gasteiger partial charge in [0.15, 0.2) is 0 Å². The molecule has 1 amide bonds. The van der Waals surface area contributed by atoms with Crippen LogP contribution in [0, 0.1) is 0 Å². The lowest BCUT2D eigenvalue weighted by Gasteiger charge is -2.22. The summed E-state index contributed by atoms with van der Waals surface area (Å²) in [6.07, 6.45) is 8.82. The van der Waals surface area contributed by atoms with Crippen molar-refractivity contribution in [2.24, 2.45) is 0 Å². The minimum absolute atomic E-state index is 0.165. The van der Waals surface area contributed by atoms with Gasteiger partial charge in [0, 0.05) is 31.2 Å². The smallest absolute Gasteiger partial charge is 0.271 e. The molecule has 1 saturated carbocycles. The van der Waals surface area contributed by atoms with Gasteiger partial charge < -0.3 is 9.80 Å². The number of nitrogens with one attached hydrogen (secondary N) is 1. The summed E-state index contributed by atoms with van der Waals surface area (Å²) in [4.78, 5) is 40.4. The van der Waals surface area contributed by atoms with Gasteiger partial charge in [-0.05, 0) is 56.6 Å². The molecular formula is C21H25N3O3S. The van der Waals surface area contributed by atoms with Crippen LogP contribution in [-0.2, 0) is 4.79 Å². The number of anilines is 1. The van der Waals surface area contributed by atoms with E-state index in [0.717, 1.165) is 54.8 Å². The van der Waals surface area contributed by atoms with E-state index in [1.807, 2.05) is 19.9 Å². The molecule has 0 aromatic carbocycles. The third kappa shape index (κ3) is 3.63. The molecule has 0 spiro atoms. The fraction of sp³-hybridized carbons (Fsp3) is 0.476. The van der Waals surface area contributed by atoms with Crippen molar-refractivity contribution in [1.29, 1.82) is 0 Å². The third-order valence-corrected chi connectivity index (χ3v) is 6.57. The number of aromatic nitrogens is 1. The number of fused-ring (bicyclic) bond motifs is 1. The molecule has 2 aliphatic heterocycles. The Morgan fingerprint density at radius 2 is 2.14 bits per heavy atom. The number of hydrogen-bond donors (Lipinski definition) is 1. The van der Waals surface area contributed by atoms with Crippen molar-refractivity contribution in [2.75, 3.05) is 24.5 Å². The van der Waals surface area contributed by atoms with E-state index in [1.165, 1.54) is 17.1 Å². The number of hydrogen-bond acceptors (Lipinski definition) is 5. The lowest BCUT2D eigenvalue weighted by atomic mass is 9.95. The Hall–Kier alpha value is -2.41. The van der Waals surface area contributed by atoms with Crippen LogP contribution in [0.15, 0.2) is 39.2 Å². The number of nitrogens with zero attached hydrogens (tertiary/aromatic N) is 2.